The quantitative estimate of drug-likeness (QED) is 0.300. The fraction of sp³-hybridized carbons (Fsp3) is 0.286. The third-order valence-electron chi connectivity index (χ3n) is 7.12. The van der Waals surface area contributed by atoms with E-state index in [2.05, 4.69) is 21.5 Å². The van der Waals surface area contributed by atoms with Gasteiger partial charge in [0.15, 0.2) is 11.6 Å². The Balaban J connectivity index is 1.44. The van der Waals surface area contributed by atoms with Crippen molar-refractivity contribution >= 4 is 45.0 Å². The summed E-state index contributed by atoms with van der Waals surface area (Å²) < 4.78 is 55.2. The molecule has 2 aromatic heterocycles. The zero-order chi connectivity index (χ0) is 28.0. The summed E-state index contributed by atoms with van der Waals surface area (Å²) in [7, 11) is 0. The number of benzene rings is 2. The fourth-order valence-electron chi connectivity index (χ4n) is 4.90. The highest BCUT2D eigenvalue weighted by Crippen LogP contribution is 2.38. The van der Waals surface area contributed by atoms with Gasteiger partial charge in [0.05, 0.1) is 16.5 Å². The second-order valence-electron chi connectivity index (χ2n) is 9.55. The van der Waals surface area contributed by atoms with E-state index < -0.39 is 23.4 Å². The minimum absolute atomic E-state index is 0.0419. The molecule has 2 aliphatic rings. The molecule has 1 amide bonds. The Hall–Kier alpha value is -3.96. The van der Waals surface area contributed by atoms with Crippen molar-refractivity contribution in [3.05, 3.63) is 65.6 Å². The Morgan fingerprint density at radius 2 is 1.93 bits per heavy atom. The molecule has 206 valence electrons. The molecule has 8 nitrogen and oxygen atoms in total. The molecular formula is C28H23ClF3N5O3. The van der Waals surface area contributed by atoms with Crippen LogP contribution in [0.5, 0.6) is 6.01 Å². The van der Waals surface area contributed by atoms with E-state index in [4.69, 9.17) is 21.1 Å². The molecule has 0 bridgehead atoms. The number of carbonyl (C=O) groups excluding carboxylic acids is 1. The van der Waals surface area contributed by atoms with Gasteiger partial charge in [0.2, 0.25) is 0 Å². The van der Waals surface area contributed by atoms with Gasteiger partial charge in [-0.2, -0.15) is 9.97 Å². The zero-order valence-electron chi connectivity index (χ0n) is 21.2. The van der Waals surface area contributed by atoms with Gasteiger partial charge in [-0.3, -0.25) is 9.78 Å². The van der Waals surface area contributed by atoms with E-state index in [0.29, 0.717) is 47.2 Å². The van der Waals surface area contributed by atoms with Gasteiger partial charge < -0.3 is 19.3 Å². The number of fused-ring (bicyclic) bond motifs is 2. The molecule has 2 fully saturated rings. The maximum absolute atomic E-state index is 16.3. The van der Waals surface area contributed by atoms with E-state index >= 15 is 4.39 Å². The first-order chi connectivity index (χ1) is 19.3. The number of hydrogen-bond donors (Lipinski definition) is 0. The van der Waals surface area contributed by atoms with Crippen molar-refractivity contribution in [2.45, 2.75) is 12.5 Å². The van der Waals surface area contributed by atoms with Crippen molar-refractivity contribution in [3.63, 3.8) is 0 Å². The van der Waals surface area contributed by atoms with E-state index in [1.807, 2.05) is 4.90 Å². The number of hydrogen-bond acceptors (Lipinski definition) is 7. The van der Waals surface area contributed by atoms with Crippen LogP contribution >= 0.6 is 11.6 Å². The van der Waals surface area contributed by atoms with Crippen molar-refractivity contribution in [1.29, 1.82) is 0 Å². The first-order valence-corrected chi connectivity index (χ1v) is 13.1. The number of ether oxygens (including phenoxy) is 2. The van der Waals surface area contributed by atoms with Gasteiger partial charge in [0.25, 0.3) is 5.91 Å². The molecule has 0 radical (unpaired) electrons. The molecule has 4 aromatic rings. The molecule has 12 heteroatoms. The maximum atomic E-state index is 16.3. The summed E-state index contributed by atoms with van der Waals surface area (Å²) in [6.45, 7) is 4.96. The molecule has 2 aliphatic heterocycles. The SMILES string of the molecule is C=C(F)C(=O)N1CCN(c2nc(OCC3CCO3)nc3c(F)c(-c4cccc5ccc(F)c(Cl)c45)ncc23)CC1. The molecule has 2 saturated heterocycles. The fourth-order valence-corrected chi connectivity index (χ4v) is 5.17. The van der Waals surface area contributed by atoms with Gasteiger partial charge in [0, 0.05) is 56.4 Å². The summed E-state index contributed by atoms with van der Waals surface area (Å²) in [5.74, 6) is -2.81. The number of nitrogens with zero attached hydrogens (tertiary/aromatic N) is 5. The molecule has 1 unspecified atom stereocenters. The maximum Gasteiger partial charge on any atom is 0.319 e. The highest BCUT2D eigenvalue weighted by atomic mass is 35.5. The molecule has 0 aliphatic carbocycles. The molecule has 0 spiro atoms. The Morgan fingerprint density at radius 1 is 1.15 bits per heavy atom. The number of carbonyl (C=O) groups is 1. The Bertz CT molecular complexity index is 1660. The molecule has 0 N–H and O–H groups in total. The van der Waals surface area contributed by atoms with Gasteiger partial charge in [-0.1, -0.05) is 42.4 Å². The summed E-state index contributed by atoms with van der Waals surface area (Å²) in [6.07, 6.45) is 2.18. The summed E-state index contributed by atoms with van der Waals surface area (Å²) >= 11 is 6.30. The molecule has 0 saturated carbocycles. The minimum atomic E-state index is -1.03. The average molecular weight is 570 g/mol. The van der Waals surface area contributed by atoms with Crippen molar-refractivity contribution in [2.24, 2.45) is 0 Å². The van der Waals surface area contributed by atoms with Crippen LogP contribution in [0.15, 0.2) is 48.9 Å². The third-order valence-corrected chi connectivity index (χ3v) is 7.49. The van der Waals surface area contributed by atoms with Gasteiger partial charge in [-0.15, -0.1) is 0 Å². The average Bonchev–Trinajstić information content (AvgIpc) is 2.94. The van der Waals surface area contributed by atoms with E-state index in [9.17, 15) is 13.6 Å². The number of aromatic nitrogens is 3. The second-order valence-corrected chi connectivity index (χ2v) is 9.93. The lowest BCUT2D eigenvalue weighted by Crippen LogP contribution is -2.49. The first-order valence-electron chi connectivity index (χ1n) is 12.7. The van der Waals surface area contributed by atoms with Crippen molar-refractivity contribution in [2.75, 3.05) is 44.3 Å². The standard InChI is InChI=1S/C28H23ClF3N5O3/c1-15(30)27(38)37-10-8-36(9-11-37)26-19-13-33-24(18-4-2-3-16-5-6-20(31)22(29)21(16)18)23(32)25(19)34-28(35-26)40-14-17-7-12-39-17/h2-6,13,17H,1,7-12,14H2. The summed E-state index contributed by atoms with van der Waals surface area (Å²) in [5.41, 5.74) is 0.213. The normalized spacial score (nSPS) is 17.2. The van der Waals surface area contributed by atoms with Crippen LogP contribution in [0.3, 0.4) is 0 Å². The van der Waals surface area contributed by atoms with Crippen LogP contribution in [-0.2, 0) is 9.53 Å². The van der Waals surface area contributed by atoms with E-state index in [1.54, 1.807) is 24.3 Å². The molecule has 1 atom stereocenters. The minimum Gasteiger partial charge on any atom is -0.461 e. The zero-order valence-corrected chi connectivity index (χ0v) is 21.9. The van der Waals surface area contributed by atoms with Crippen molar-refractivity contribution < 1.29 is 27.4 Å². The largest absolute Gasteiger partial charge is 0.461 e. The lowest BCUT2D eigenvalue weighted by molar-refractivity contribution is -0.128. The first kappa shape index (κ1) is 26.3. The number of pyridine rings is 1. The van der Waals surface area contributed by atoms with Crippen LogP contribution in [0, 0.1) is 11.6 Å². The van der Waals surface area contributed by atoms with Crippen LogP contribution in [-0.4, -0.2) is 71.3 Å². The van der Waals surface area contributed by atoms with Crippen LogP contribution in [0.25, 0.3) is 32.9 Å². The van der Waals surface area contributed by atoms with E-state index in [1.165, 1.54) is 17.2 Å². The lowest BCUT2D eigenvalue weighted by Gasteiger charge is -2.35. The van der Waals surface area contributed by atoms with Gasteiger partial charge in [-0.25, -0.2) is 13.2 Å². The van der Waals surface area contributed by atoms with Gasteiger partial charge in [0.1, 0.15) is 29.5 Å². The summed E-state index contributed by atoms with van der Waals surface area (Å²) in [6, 6.07) is 7.85. The van der Waals surface area contributed by atoms with E-state index in [-0.39, 0.29) is 48.0 Å². The van der Waals surface area contributed by atoms with Crippen molar-refractivity contribution in [1.82, 2.24) is 19.9 Å². The third kappa shape index (κ3) is 4.69. The van der Waals surface area contributed by atoms with Crippen LogP contribution in [0.4, 0.5) is 19.0 Å². The predicted octanol–water partition coefficient (Wildman–Crippen LogP) is 5.08. The van der Waals surface area contributed by atoms with Gasteiger partial charge in [-0.05, 0) is 11.5 Å². The monoisotopic (exact) mass is 569 g/mol. The topological polar surface area (TPSA) is 80.7 Å². The Labute approximate surface area is 232 Å². The van der Waals surface area contributed by atoms with Gasteiger partial charge >= 0.3 is 6.01 Å². The lowest BCUT2D eigenvalue weighted by atomic mass is 10.0. The Kier molecular flexibility index (Phi) is 6.93. The Morgan fingerprint density at radius 3 is 2.62 bits per heavy atom. The summed E-state index contributed by atoms with van der Waals surface area (Å²) in [5, 5.41) is 1.14. The number of piperazine rings is 1. The number of anilines is 1. The second kappa shape index (κ2) is 10.5. The molecule has 6 rings (SSSR count). The van der Waals surface area contributed by atoms with Crippen LogP contribution < -0.4 is 9.64 Å². The predicted molar refractivity (Wildman–Crippen MR) is 144 cm³/mol. The molecular weight excluding hydrogens is 547 g/mol. The number of amides is 1. The highest BCUT2D eigenvalue weighted by molar-refractivity contribution is 6.36. The summed E-state index contributed by atoms with van der Waals surface area (Å²) in [4.78, 5) is 28.5. The van der Waals surface area contributed by atoms with Crippen LogP contribution in [0.2, 0.25) is 5.02 Å². The number of rotatable bonds is 6. The van der Waals surface area contributed by atoms with Crippen molar-refractivity contribution in [3.8, 4) is 17.3 Å². The molecule has 4 heterocycles. The number of halogens is 4. The molecule has 2 aromatic carbocycles. The van der Waals surface area contributed by atoms with Crippen LogP contribution in [0.1, 0.15) is 6.42 Å². The van der Waals surface area contributed by atoms with E-state index in [0.717, 1.165) is 6.42 Å². The molecule has 40 heavy (non-hydrogen) atoms. The highest BCUT2D eigenvalue weighted by Gasteiger charge is 2.28. The smallest absolute Gasteiger partial charge is 0.319 e.